The molecule has 5 heteroatoms. The zero-order valence-corrected chi connectivity index (χ0v) is 10.8. The minimum absolute atomic E-state index is 0.0115. The Morgan fingerprint density at radius 1 is 1.00 bits per heavy atom. The van der Waals surface area contributed by atoms with Crippen LogP contribution in [0.25, 0.3) is 0 Å². The Morgan fingerprint density at radius 2 is 1.63 bits per heavy atom. The van der Waals surface area contributed by atoms with Gasteiger partial charge in [-0.2, -0.15) is 0 Å². The molecule has 1 nitrogen and oxygen atoms in total. The van der Waals surface area contributed by atoms with E-state index in [1.807, 2.05) is 0 Å². The van der Waals surface area contributed by atoms with Crippen LogP contribution in [0.3, 0.4) is 0 Å². The number of hydrogen-bond donors (Lipinski definition) is 1. The van der Waals surface area contributed by atoms with E-state index in [0.717, 1.165) is 6.07 Å². The fraction of sp³-hybridized carbons (Fsp3) is 0.143. The van der Waals surface area contributed by atoms with Crippen LogP contribution in [0.4, 0.5) is 18.9 Å². The van der Waals surface area contributed by atoms with Crippen molar-refractivity contribution < 1.29 is 13.2 Å². The molecule has 2 aromatic carbocycles. The van der Waals surface area contributed by atoms with Crippen LogP contribution in [0, 0.1) is 17.5 Å². The summed E-state index contributed by atoms with van der Waals surface area (Å²) in [4.78, 5) is 0. The average molecular weight is 286 g/mol. The van der Waals surface area contributed by atoms with Gasteiger partial charge in [0.15, 0.2) is 0 Å². The van der Waals surface area contributed by atoms with Crippen molar-refractivity contribution in [3.05, 3.63) is 64.4 Å². The maximum Gasteiger partial charge on any atom is 0.141 e. The van der Waals surface area contributed by atoms with Gasteiger partial charge in [-0.15, -0.1) is 0 Å². The average Bonchev–Trinajstić information content (AvgIpc) is 2.32. The lowest BCUT2D eigenvalue weighted by molar-refractivity contribution is 0.577. The van der Waals surface area contributed by atoms with Crippen molar-refractivity contribution in [1.29, 1.82) is 0 Å². The highest BCUT2D eigenvalue weighted by Crippen LogP contribution is 2.24. The summed E-state index contributed by atoms with van der Waals surface area (Å²) in [5.74, 6) is -1.79. The summed E-state index contributed by atoms with van der Waals surface area (Å²) in [6, 6.07) is 7.11. The molecule has 2 rings (SSSR count). The standard InChI is InChI=1S/C14H11ClF3N/c1-8(9-4-10(16)6-11(17)5-9)19-12-2-3-14(18)13(15)7-12/h2-8,19H,1H3. The smallest absolute Gasteiger partial charge is 0.141 e. The molecule has 19 heavy (non-hydrogen) atoms. The zero-order chi connectivity index (χ0) is 14.0. The highest BCUT2D eigenvalue weighted by atomic mass is 35.5. The first-order valence-corrected chi connectivity index (χ1v) is 6.01. The molecule has 2 aromatic rings. The predicted molar refractivity (Wildman–Crippen MR) is 69.8 cm³/mol. The van der Waals surface area contributed by atoms with Gasteiger partial charge in [0.1, 0.15) is 17.5 Å². The Hall–Kier alpha value is -1.68. The van der Waals surface area contributed by atoms with Gasteiger partial charge in [0.2, 0.25) is 0 Å². The van der Waals surface area contributed by atoms with Crippen LogP contribution in [0.2, 0.25) is 5.02 Å². The monoisotopic (exact) mass is 285 g/mol. The summed E-state index contributed by atoms with van der Waals surface area (Å²) in [6.07, 6.45) is 0. The second-order valence-corrected chi connectivity index (χ2v) is 4.60. The molecule has 0 bridgehead atoms. The Kier molecular flexibility index (Phi) is 4.00. The van der Waals surface area contributed by atoms with Gasteiger partial charge in [-0.3, -0.25) is 0 Å². The number of halogens is 4. The van der Waals surface area contributed by atoms with Crippen LogP contribution in [0.15, 0.2) is 36.4 Å². The first-order chi connectivity index (χ1) is 8.95. The summed E-state index contributed by atoms with van der Waals surface area (Å²) >= 11 is 5.66. The van der Waals surface area contributed by atoms with E-state index >= 15 is 0 Å². The van der Waals surface area contributed by atoms with E-state index in [1.165, 1.54) is 30.3 Å². The van der Waals surface area contributed by atoms with Crippen LogP contribution in [0.1, 0.15) is 18.5 Å². The third kappa shape index (κ3) is 3.41. The topological polar surface area (TPSA) is 12.0 Å². The normalized spacial score (nSPS) is 12.3. The van der Waals surface area contributed by atoms with Crippen molar-refractivity contribution in [2.75, 3.05) is 5.32 Å². The largest absolute Gasteiger partial charge is 0.378 e. The number of hydrogen-bond acceptors (Lipinski definition) is 1. The van der Waals surface area contributed by atoms with Crippen molar-refractivity contribution >= 4 is 17.3 Å². The van der Waals surface area contributed by atoms with Crippen LogP contribution >= 0.6 is 11.6 Å². The molecular formula is C14H11ClF3N. The van der Waals surface area contributed by atoms with Crippen LogP contribution in [-0.2, 0) is 0 Å². The van der Waals surface area contributed by atoms with Gasteiger partial charge in [-0.25, -0.2) is 13.2 Å². The molecule has 0 heterocycles. The van der Waals surface area contributed by atoms with E-state index < -0.39 is 17.5 Å². The lowest BCUT2D eigenvalue weighted by atomic mass is 10.1. The first-order valence-electron chi connectivity index (χ1n) is 5.63. The Morgan fingerprint density at radius 3 is 2.21 bits per heavy atom. The van der Waals surface area contributed by atoms with Gasteiger partial charge in [-0.05, 0) is 42.8 Å². The van der Waals surface area contributed by atoms with Crippen LogP contribution in [0.5, 0.6) is 0 Å². The van der Waals surface area contributed by atoms with Crippen LogP contribution < -0.4 is 5.32 Å². The summed E-state index contributed by atoms with van der Waals surface area (Å²) < 4.78 is 39.2. The Balaban J connectivity index is 2.20. The molecule has 0 aliphatic carbocycles. The van der Waals surface area contributed by atoms with Gasteiger partial charge in [0, 0.05) is 17.8 Å². The molecule has 0 saturated carbocycles. The molecule has 0 aromatic heterocycles. The summed E-state index contributed by atoms with van der Waals surface area (Å²) in [5.41, 5.74) is 1.03. The second kappa shape index (κ2) is 5.53. The van der Waals surface area contributed by atoms with Gasteiger partial charge < -0.3 is 5.32 Å². The molecular weight excluding hydrogens is 275 g/mol. The summed E-state index contributed by atoms with van der Waals surface area (Å²) in [7, 11) is 0. The Labute approximate surface area is 114 Å². The minimum atomic E-state index is -0.638. The van der Waals surface area contributed by atoms with E-state index in [4.69, 9.17) is 11.6 Å². The van der Waals surface area contributed by atoms with E-state index in [-0.39, 0.29) is 11.1 Å². The third-order valence-corrected chi connectivity index (χ3v) is 2.98. The van der Waals surface area contributed by atoms with Crippen molar-refractivity contribution in [3.8, 4) is 0 Å². The quantitative estimate of drug-likeness (QED) is 0.843. The highest BCUT2D eigenvalue weighted by Gasteiger charge is 2.09. The molecule has 0 spiro atoms. The maximum absolute atomic E-state index is 13.1. The lowest BCUT2D eigenvalue weighted by Crippen LogP contribution is -2.07. The summed E-state index contributed by atoms with van der Waals surface area (Å²) in [6.45, 7) is 1.74. The molecule has 0 aliphatic rings. The van der Waals surface area contributed by atoms with Crippen molar-refractivity contribution in [1.82, 2.24) is 0 Å². The van der Waals surface area contributed by atoms with Crippen molar-refractivity contribution in [2.45, 2.75) is 13.0 Å². The van der Waals surface area contributed by atoms with Gasteiger partial charge in [0.05, 0.1) is 5.02 Å². The number of anilines is 1. The fourth-order valence-corrected chi connectivity index (χ4v) is 1.92. The Bertz CT molecular complexity index is 581. The molecule has 0 saturated heterocycles. The lowest BCUT2D eigenvalue weighted by Gasteiger charge is -2.16. The zero-order valence-electron chi connectivity index (χ0n) is 10.1. The molecule has 100 valence electrons. The number of rotatable bonds is 3. The van der Waals surface area contributed by atoms with E-state index in [1.54, 1.807) is 6.92 Å². The van der Waals surface area contributed by atoms with Gasteiger partial charge in [0.25, 0.3) is 0 Å². The van der Waals surface area contributed by atoms with Gasteiger partial charge in [-0.1, -0.05) is 11.6 Å². The predicted octanol–water partition coefficient (Wildman–Crippen LogP) is 4.93. The van der Waals surface area contributed by atoms with Gasteiger partial charge >= 0.3 is 0 Å². The SMILES string of the molecule is CC(Nc1ccc(F)c(Cl)c1)c1cc(F)cc(F)c1. The molecule has 0 fully saturated rings. The van der Waals surface area contributed by atoms with Crippen LogP contribution in [-0.4, -0.2) is 0 Å². The maximum atomic E-state index is 13.1. The minimum Gasteiger partial charge on any atom is -0.378 e. The molecule has 0 amide bonds. The first kappa shape index (κ1) is 13.7. The number of benzene rings is 2. The molecule has 1 atom stereocenters. The molecule has 0 radical (unpaired) electrons. The van der Waals surface area contributed by atoms with Crippen molar-refractivity contribution in [3.63, 3.8) is 0 Å². The summed E-state index contributed by atoms with van der Waals surface area (Å²) in [5, 5.41) is 2.98. The van der Waals surface area contributed by atoms with E-state index in [2.05, 4.69) is 5.32 Å². The molecule has 0 aliphatic heterocycles. The highest BCUT2D eigenvalue weighted by molar-refractivity contribution is 6.31. The fourth-order valence-electron chi connectivity index (χ4n) is 1.74. The third-order valence-electron chi connectivity index (χ3n) is 2.69. The molecule has 1 N–H and O–H groups in total. The van der Waals surface area contributed by atoms with E-state index in [9.17, 15) is 13.2 Å². The van der Waals surface area contributed by atoms with E-state index in [0.29, 0.717) is 11.3 Å². The second-order valence-electron chi connectivity index (χ2n) is 4.20. The van der Waals surface area contributed by atoms with Crippen molar-refractivity contribution in [2.24, 2.45) is 0 Å². The molecule has 1 unspecified atom stereocenters. The number of nitrogens with one attached hydrogen (secondary N) is 1.